The number of carbonyl (C=O) groups is 1. The average Bonchev–Trinajstić information content (AvgIpc) is 3.43. The number of rotatable bonds is 9. The molecule has 160 valence electrons. The van der Waals surface area contributed by atoms with Crippen LogP contribution >= 0.6 is 11.6 Å². The van der Waals surface area contributed by atoms with Crippen molar-refractivity contribution in [1.82, 2.24) is 14.9 Å². The zero-order valence-corrected chi connectivity index (χ0v) is 18.2. The molecule has 0 saturated carbocycles. The van der Waals surface area contributed by atoms with Crippen LogP contribution in [0.5, 0.6) is 5.75 Å². The molecule has 4 aromatic rings. The Morgan fingerprint density at radius 3 is 2.68 bits per heavy atom. The second kappa shape index (κ2) is 9.75. The molecule has 0 bridgehead atoms. The summed E-state index contributed by atoms with van der Waals surface area (Å²) in [7, 11) is 1.67. The Kier molecular flexibility index (Phi) is 6.63. The molecule has 1 amide bonds. The maximum Gasteiger partial charge on any atom is 0.220 e. The third kappa shape index (κ3) is 5.30. The van der Waals surface area contributed by atoms with Crippen LogP contribution in [0.3, 0.4) is 0 Å². The third-order valence-corrected chi connectivity index (χ3v) is 5.81. The number of fused-ring (bicyclic) bond motifs is 1. The van der Waals surface area contributed by atoms with Crippen molar-refractivity contribution in [3.05, 3.63) is 89.3 Å². The number of aromatic nitrogens is 2. The van der Waals surface area contributed by atoms with Crippen molar-refractivity contribution in [2.75, 3.05) is 13.7 Å². The molecule has 2 aromatic carbocycles. The molecule has 0 aliphatic heterocycles. The maximum atomic E-state index is 12.7. The first-order valence-electron chi connectivity index (χ1n) is 10.4. The lowest BCUT2D eigenvalue weighted by Crippen LogP contribution is -2.28. The summed E-state index contributed by atoms with van der Waals surface area (Å²) in [5, 5.41) is 4.91. The summed E-state index contributed by atoms with van der Waals surface area (Å²) in [6.07, 6.45) is 7.21. The van der Waals surface area contributed by atoms with Crippen molar-refractivity contribution in [3.8, 4) is 5.75 Å². The molecule has 31 heavy (non-hydrogen) atoms. The first kappa shape index (κ1) is 21.1. The summed E-state index contributed by atoms with van der Waals surface area (Å²) in [6, 6.07) is 17.7. The van der Waals surface area contributed by atoms with E-state index in [2.05, 4.69) is 14.9 Å². The Morgan fingerprint density at radius 1 is 1.16 bits per heavy atom. The first-order valence-corrected chi connectivity index (χ1v) is 10.8. The van der Waals surface area contributed by atoms with E-state index in [0.717, 1.165) is 40.7 Å². The van der Waals surface area contributed by atoms with E-state index in [1.807, 2.05) is 73.2 Å². The molecule has 1 atom stereocenters. The Labute approximate surface area is 187 Å². The van der Waals surface area contributed by atoms with Gasteiger partial charge in [-0.3, -0.25) is 4.79 Å². The summed E-state index contributed by atoms with van der Waals surface area (Å²) < 4.78 is 7.43. The summed E-state index contributed by atoms with van der Waals surface area (Å²) in [6.45, 7) is 1.32. The van der Waals surface area contributed by atoms with Crippen LogP contribution < -0.4 is 10.1 Å². The van der Waals surface area contributed by atoms with Gasteiger partial charge in [-0.1, -0.05) is 23.7 Å². The number of ether oxygens (including phenoxy) is 1. The van der Waals surface area contributed by atoms with E-state index in [-0.39, 0.29) is 11.8 Å². The number of methoxy groups -OCH3 is 1. The second-order valence-electron chi connectivity index (χ2n) is 7.66. The van der Waals surface area contributed by atoms with Crippen LogP contribution in [0.1, 0.15) is 23.5 Å². The quantitative estimate of drug-likeness (QED) is 0.381. The fourth-order valence-corrected chi connectivity index (χ4v) is 4.02. The predicted octanol–water partition coefficient (Wildman–Crippen LogP) is 5.16. The third-order valence-electron chi connectivity index (χ3n) is 5.56. The molecule has 0 spiro atoms. The molecule has 2 N–H and O–H groups in total. The number of amides is 1. The zero-order valence-electron chi connectivity index (χ0n) is 17.5. The lowest BCUT2D eigenvalue weighted by Gasteiger charge is -2.18. The highest BCUT2D eigenvalue weighted by atomic mass is 35.5. The van der Waals surface area contributed by atoms with Gasteiger partial charge in [0.1, 0.15) is 5.75 Å². The van der Waals surface area contributed by atoms with Crippen LogP contribution in [0.2, 0.25) is 5.02 Å². The van der Waals surface area contributed by atoms with Gasteiger partial charge >= 0.3 is 0 Å². The van der Waals surface area contributed by atoms with Crippen LogP contribution in [0.25, 0.3) is 10.9 Å². The zero-order chi connectivity index (χ0) is 21.6. The van der Waals surface area contributed by atoms with Crippen LogP contribution in [0.15, 0.2) is 73.2 Å². The van der Waals surface area contributed by atoms with Gasteiger partial charge in [-0.05, 0) is 60.0 Å². The monoisotopic (exact) mass is 435 g/mol. The van der Waals surface area contributed by atoms with E-state index in [1.165, 1.54) is 0 Å². The van der Waals surface area contributed by atoms with Crippen molar-refractivity contribution in [2.45, 2.75) is 25.3 Å². The SMILES string of the molecule is COc1ccc2[nH]cc(CCNC(=O)CC(Cn3cccc3)c3ccc(Cl)cc3)c2c1. The van der Waals surface area contributed by atoms with E-state index in [4.69, 9.17) is 16.3 Å². The first-order chi connectivity index (χ1) is 15.1. The van der Waals surface area contributed by atoms with E-state index < -0.39 is 0 Å². The van der Waals surface area contributed by atoms with Gasteiger partial charge in [-0.15, -0.1) is 0 Å². The summed E-state index contributed by atoms with van der Waals surface area (Å²) in [4.78, 5) is 16.0. The standard InChI is InChI=1S/C25H26ClN3O2/c1-31-22-8-9-24-23(15-22)19(16-28-24)10-11-27-25(30)14-20(17-29-12-2-3-13-29)18-4-6-21(26)7-5-18/h2-9,12-13,15-16,20,28H,10-11,14,17H2,1H3,(H,27,30). The van der Waals surface area contributed by atoms with Gasteiger partial charge in [0, 0.05) is 59.9 Å². The van der Waals surface area contributed by atoms with Gasteiger partial charge in [-0.25, -0.2) is 0 Å². The number of halogens is 1. The lowest BCUT2D eigenvalue weighted by atomic mass is 9.95. The van der Waals surface area contributed by atoms with Crippen LogP contribution in [-0.2, 0) is 17.8 Å². The summed E-state index contributed by atoms with van der Waals surface area (Å²) in [5.74, 6) is 0.944. The van der Waals surface area contributed by atoms with Gasteiger partial charge in [-0.2, -0.15) is 0 Å². The normalized spacial score (nSPS) is 12.1. The number of H-pyrrole nitrogens is 1. The Morgan fingerprint density at radius 2 is 1.94 bits per heavy atom. The fourth-order valence-electron chi connectivity index (χ4n) is 3.89. The number of benzene rings is 2. The summed E-state index contributed by atoms with van der Waals surface area (Å²) in [5.41, 5.74) is 3.34. The Balaban J connectivity index is 1.38. The molecule has 2 heterocycles. The number of nitrogens with one attached hydrogen (secondary N) is 2. The van der Waals surface area contributed by atoms with Crippen LogP contribution in [-0.4, -0.2) is 29.1 Å². The maximum absolute atomic E-state index is 12.7. The average molecular weight is 436 g/mol. The molecule has 6 heteroatoms. The van der Waals surface area contributed by atoms with Crippen molar-refractivity contribution >= 4 is 28.4 Å². The molecule has 0 aliphatic rings. The molecule has 5 nitrogen and oxygen atoms in total. The highest BCUT2D eigenvalue weighted by molar-refractivity contribution is 6.30. The molecular formula is C25H26ClN3O2. The highest BCUT2D eigenvalue weighted by Gasteiger charge is 2.17. The molecule has 0 fully saturated rings. The van der Waals surface area contributed by atoms with Gasteiger partial charge in [0.05, 0.1) is 7.11 Å². The van der Waals surface area contributed by atoms with Crippen molar-refractivity contribution < 1.29 is 9.53 Å². The molecule has 1 unspecified atom stereocenters. The molecule has 0 radical (unpaired) electrons. The van der Waals surface area contributed by atoms with Crippen molar-refractivity contribution in [2.24, 2.45) is 0 Å². The minimum Gasteiger partial charge on any atom is -0.497 e. The topological polar surface area (TPSA) is 59.0 Å². The second-order valence-corrected chi connectivity index (χ2v) is 8.09. The number of hydrogen-bond donors (Lipinski definition) is 2. The van der Waals surface area contributed by atoms with Gasteiger partial charge < -0.3 is 19.6 Å². The Bertz CT molecular complexity index is 1130. The minimum absolute atomic E-state index is 0.0459. The molecule has 0 saturated heterocycles. The van der Waals surface area contributed by atoms with E-state index in [9.17, 15) is 4.79 Å². The molecule has 2 aromatic heterocycles. The summed E-state index contributed by atoms with van der Waals surface area (Å²) >= 11 is 6.05. The van der Waals surface area contributed by atoms with Crippen LogP contribution in [0, 0.1) is 0 Å². The molecule has 0 aliphatic carbocycles. The molecule has 4 rings (SSSR count). The van der Waals surface area contributed by atoms with E-state index in [1.54, 1.807) is 7.11 Å². The Hall–Kier alpha value is -3.18. The smallest absolute Gasteiger partial charge is 0.220 e. The number of hydrogen-bond acceptors (Lipinski definition) is 2. The fraction of sp³-hybridized carbons (Fsp3) is 0.240. The molecular weight excluding hydrogens is 410 g/mol. The van der Waals surface area contributed by atoms with Crippen molar-refractivity contribution in [3.63, 3.8) is 0 Å². The lowest BCUT2D eigenvalue weighted by molar-refractivity contribution is -0.121. The van der Waals surface area contributed by atoms with Gasteiger partial charge in [0.2, 0.25) is 5.91 Å². The minimum atomic E-state index is 0.0459. The van der Waals surface area contributed by atoms with Crippen LogP contribution in [0.4, 0.5) is 0 Å². The number of aromatic amines is 1. The van der Waals surface area contributed by atoms with E-state index >= 15 is 0 Å². The van der Waals surface area contributed by atoms with Gasteiger partial charge in [0.25, 0.3) is 0 Å². The highest BCUT2D eigenvalue weighted by Crippen LogP contribution is 2.25. The number of nitrogens with zero attached hydrogens (tertiary/aromatic N) is 1. The van der Waals surface area contributed by atoms with Gasteiger partial charge in [0.15, 0.2) is 0 Å². The largest absolute Gasteiger partial charge is 0.497 e. The van der Waals surface area contributed by atoms with E-state index in [0.29, 0.717) is 18.0 Å². The predicted molar refractivity (Wildman–Crippen MR) is 125 cm³/mol. The van der Waals surface area contributed by atoms with Crippen molar-refractivity contribution in [1.29, 1.82) is 0 Å². The number of carbonyl (C=O) groups excluding carboxylic acids is 1.